The Labute approximate surface area is 97.8 Å². The zero-order valence-corrected chi connectivity index (χ0v) is 9.79. The quantitative estimate of drug-likeness (QED) is 0.768. The summed E-state index contributed by atoms with van der Waals surface area (Å²) in [5.74, 6) is -0.373. The molecule has 1 heterocycles. The van der Waals surface area contributed by atoms with Gasteiger partial charge in [0.15, 0.2) is 6.10 Å². The van der Waals surface area contributed by atoms with Gasteiger partial charge in [-0.15, -0.1) is 0 Å². The molecule has 1 rings (SSSR count). The maximum atomic E-state index is 12.1. The number of nitrogens with one attached hydrogen (secondary N) is 1. The molecule has 0 spiro atoms. The number of β-amino-alcohol motifs (C(OH)–C–C–N with tert-alkyl or cyclic N) is 1. The first-order chi connectivity index (χ1) is 7.71. The number of aliphatic hydroxyl groups excluding tert-OH is 1. The van der Waals surface area contributed by atoms with E-state index in [2.05, 4.69) is 5.32 Å². The lowest BCUT2D eigenvalue weighted by atomic mass is 10.2. The highest BCUT2D eigenvalue weighted by Crippen LogP contribution is 2.22. The van der Waals surface area contributed by atoms with E-state index in [0.717, 1.165) is 4.90 Å². The highest BCUT2D eigenvalue weighted by molar-refractivity contribution is 5.84. The third kappa shape index (κ3) is 3.85. The Morgan fingerprint density at radius 3 is 2.59 bits per heavy atom. The molecule has 0 radical (unpaired) electrons. The molecule has 2 atom stereocenters. The van der Waals surface area contributed by atoms with Crippen LogP contribution in [-0.4, -0.2) is 53.4 Å². The summed E-state index contributed by atoms with van der Waals surface area (Å²) in [5.41, 5.74) is 0. The number of alkyl halides is 3. The molecule has 7 heteroatoms. The molecule has 2 N–H and O–H groups in total. The third-order valence-electron chi connectivity index (χ3n) is 2.60. The number of amides is 1. The zero-order valence-electron chi connectivity index (χ0n) is 9.79. The lowest BCUT2D eigenvalue weighted by Gasteiger charge is -2.22. The van der Waals surface area contributed by atoms with Crippen molar-refractivity contribution < 1.29 is 23.1 Å². The first-order valence-corrected chi connectivity index (χ1v) is 5.51. The van der Waals surface area contributed by atoms with Crippen molar-refractivity contribution in [3.8, 4) is 0 Å². The van der Waals surface area contributed by atoms with Crippen LogP contribution < -0.4 is 5.32 Å². The number of halogens is 3. The Balaban J connectivity index is 2.50. The van der Waals surface area contributed by atoms with Crippen molar-refractivity contribution in [2.45, 2.75) is 44.6 Å². The van der Waals surface area contributed by atoms with Gasteiger partial charge in [-0.2, -0.15) is 13.2 Å². The second-order valence-corrected chi connectivity index (χ2v) is 4.50. The number of likely N-dealkylation sites (tertiary alicyclic amines) is 1. The van der Waals surface area contributed by atoms with Gasteiger partial charge >= 0.3 is 6.18 Å². The van der Waals surface area contributed by atoms with Crippen molar-refractivity contribution >= 4 is 5.91 Å². The summed E-state index contributed by atoms with van der Waals surface area (Å²) in [6.07, 6.45) is -6.67. The molecule has 0 aromatic rings. The molecule has 1 amide bonds. The molecule has 0 saturated carbocycles. The number of aliphatic hydroxyl groups is 1. The molecule has 0 aromatic carbocycles. The first kappa shape index (κ1) is 14.2. The van der Waals surface area contributed by atoms with E-state index in [1.54, 1.807) is 0 Å². The summed E-state index contributed by atoms with van der Waals surface area (Å²) in [7, 11) is 0. The fraction of sp³-hybridized carbons (Fsp3) is 0.900. The van der Waals surface area contributed by atoms with Crippen LogP contribution in [0, 0.1) is 0 Å². The first-order valence-electron chi connectivity index (χ1n) is 5.51. The van der Waals surface area contributed by atoms with Gasteiger partial charge in [-0.1, -0.05) is 13.8 Å². The highest BCUT2D eigenvalue weighted by Gasteiger charge is 2.42. The van der Waals surface area contributed by atoms with Crippen LogP contribution in [0.1, 0.15) is 20.3 Å². The Bertz CT molecular complexity index is 281. The van der Waals surface area contributed by atoms with E-state index in [4.69, 9.17) is 5.11 Å². The summed E-state index contributed by atoms with van der Waals surface area (Å²) in [5, 5.41) is 11.9. The molecule has 17 heavy (non-hydrogen) atoms. The number of hydrogen-bond donors (Lipinski definition) is 2. The maximum absolute atomic E-state index is 12.1. The fourth-order valence-corrected chi connectivity index (χ4v) is 1.79. The normalized spacial score (nSPS) is 23.6. The lowest BCUT2D eigenvalue weighted by Crippen LogP contribution is -2.46. The molecule has 4 nitrogen and oxygen atoms in total. The lowest BCUT2D eigenvalue weighted by molar-refractivity contribution is -0.207. The standard InChI is InChI=1S/C10H17F3N2O2/c1-6(2)14-7-3-4-15(9(7)17)5-8(16)10(11,12)13/h6-8,14,16H,3-5H2,1-2H3. The number of hydrogen-bond acceptors (Lipinski definition) is 3. The second-order valence-electron chi connectivity index (χ2n) is 4.50. The molecule has 0 aliphatic carbocycles. The van der Waals surface area contributed by atoms with E-state index in [0.29, 0.717) is 6.42 Å². The van der Waals surface area contributed by atoms with E-state index in [1.807, 2.05) is 13.8 Å². The van der Waals surface area contributed by atoms with E-state index < -0.39 is 24.9 Å². The topological polar surface area (TPSA) is 52.6 Å². The van der Waals surface area contributed by atoms with Crippen LogP contribution in [0.3, 0.4) is 0 Å². The van der Waals surface area contributed by atoms with Gasteiger partial charge in [0.05, 0.1) is 12.6 Å². The largest absolute Gasteiger partial charge is 0.416 e. The van der Waals surface area contributed by atoms with Crippen LogP contribution in [0.4, 0.5) is 13.2 Å². The number of carbonyl (C=O) groups is 1. The smallest absolute Gasteiger partial charge is 0.382 e. The molecular weight excluding hydrogens is 237 g/mol. The van der Waals surface area contributed by atoms with Crippen molar-refractivity contribution in [3.63, 3.8) is 0 Å². The molecule has 2 unspecified atom stereocenters. The minimum Gasteiger partial charge on any atom is -0.382 e. The molecule has 1 saturated heterocycles. The van der Waals surface area contributed by atoms with Crippen LogP contribution in [0.5, 0.6) is 0 Å². The van der Waals surface area contributed by atoms with Gasteiger partial charge in [0.1, 0.15) is 0 Å². The van der Waals surface area contributed by atoms with E-state index in [-0.39, 0.29) is 18.5 Å². The molecule has 1 aliphatic rings. The van der Waals surface area contributed by atoms with Gasteiger partial charge in [-0.05, 0) is 6.42 Å². The van der Waals surface area contributed by atoms with Crippen molar-refractivity contribution in [2.24, 2.45) is 0 Å². The van der Waals surface area contributed by atoms with Gasteiger partial charge in [0.25, 0.3) is 0 Å². The van der Waals surface area contributed by atoms with Crippen LogP contribution in [0.25, 0.3) is 0 Å². The molecular formula is C10H17F3N2O2. The van der Waals surface area contributed by atoms with Gasteiger partial charge < -0.3 is 15.3 Å². The van der Waals surface area contributed by atoms with Gasteiger partial charge in [-0.3, -0.25) is 4.79 Å². The van der Waals surface area contributed by atoms with Gasteiger partial charge in [0.2, 0.25) is 5.91 Å². The predicted molar refractivity (Wildman–Crippen MR) is 55.3 cm³/mol. The average molecular weight is 254 g/mol. The average Bonchev–Trinajstić information content (AvgIpc) is 2.47. The highest BCUT2D eigenvalue weighted by atomic mass is 19.4. The molecule has 1 fully saturated rings. The van der Waals surface area contributed by atoms with E-state index >= 15 is 0 Å². The Hall–Kier alpha value is -0.820. The molecule has 0 bridgehead atoms. The summed E-state index contributed by atoms with van der Waals surface area (Å²) in [6.45, 7) is 3.29. The predicted octanol–water partition coefficient (Wildman–Crippen LogP) is 0.508. The SMILES string of the molecule is CC(C)NC1CCN(CC(O)C(F)(F)F)C1=O. The summed E-state index contributed by atoms with van der Waals surface area (Å²) in [4.78, 5) is 12.7. The van der Waals surface area contributed by atoms with Crippen LogP contribution in [0.15, 0.2) is 0 Å². The van der Waals surface area contributed by atoms with Gasteiger partial charge in [-0.25, -0.2) is 0 Å². The molecule has 100 valence electrons. The van der Waals surface area contributed by atoms with Gasteiger partial charge in [0, 0.05) is 12.6 Å². The molecule has 0 aromatic heterocycles. The second kappa shape index (κ2) is 5.22. The van der Waals surface area contributed by atoms with E-state index in [1.165, 1.54) is 0 Å². The number of nitrogens with zero attached hydrogens (tertiary/aromatic N) is 1. The van der Waals surface area contributed by atoms with Crippen LogP contribution in [0.2, 0.25) is 0 Å². The van der Waals surface area contributed by atoms with Crippen molar-refractivity contribution in [2.75, 3.05) is 13.1 Å². The van der Waals surface area contributed by atoms with Crippen LogP contribution >= 0.6 is 0 Å². The third-order valence-corrected chi connectivity index (χ3v) is 2.60. The van der Waals surface area contributed by atoms with Crippen molar-refractivity contribution in [1.29, 1.82) is 0 Å². The Morgan fingerprint density at radius 2 is 2.12 bits per heavy atom. The van der Waals surface area contributed by atoms with Crippen LogP contribution in [-0.2, 0) is 4.79 Å². The summed E-state index contributed by atoms with van der Waals surface area (Å²) in [6, 6.07) is -0.341. The fourth-order valence-electron chi connectivity index (χ4n) is 1.79. The zero-order chi connectivity index (χ0) is 13.2. The van der Waals surface area contributed by atoms with Crippen molar-refractivity contribution in [1.82, 2.24) is 10.2 Å². The van der Waals surface area contributed by atoms with Crippen molar-refractivity contribution in [3.05, 3.63) is 0 Å². The summed E-state index contributed by atoms with van der Waals surface area (Å²) < 4.78 is 36.4. The number of rotatable bonds is 4. The Kier molecular flexibility index (Phi) is 4.37. The van der Waals surface area contributed by atoms with E-state index in [9.17, 15) is 18.0 Å². The Morgan fingerprint density at radius 1 is 1.53 bits per heavy atom. The minimum atomic E-state index is -4.68. The maximum Gasteiger partial charge on any atom is 0.416 e. The minimum absolute atomic E-state index is 0.0939. The monoisotopic (exact) mass is 254 g/mol. The summed E-state index contributed by atoms with van der Waals surface area (Å²) >= 11 is 0. The molecule has 1 aliphatic heterocycles. The number of carbonyl (C=O) groups excluding carboxylic acids is 1.